The molecule has 0 spiro atoms. The molecule has 0 aromatic heterocycles. The molecule has 1 heterocycles. The van der Waals surface area contributed by atoms with Gasteiger partial charge in [-0.2, -0.15) is 0 Å². The Hall–Kier alpha value is -1.68. The lowest BCUT2D eigenvalue weighted by Crippen LogP contribution is -2.54. The van der Waals surface area contributed by atoms with Gasteiger partial charge in [-0.05, 0) is 17.9 Å². The van der Waals surface area contributed by atoms with Crippen molar-refractivity contribution in [2.24, 2.45) is 23.0 Å². The molecule has 0 bridgehead atoms. The minimum Gasteiger partial charge on any atom is -0.328 e. The summed E-state index contributed by atoms with van der Waals surface area (Å²) < 4.78 is 0. The van der Waals surface area contributed by atoms with Crippen molar-refractivity contribution in [1.82, 2.24) is 4.90 Å². The van der Waals surface area contributed by atoms with E-state index in [1.165, 1.54) is 4.90 Å². The molecular weight excluding hydrogens is 252 g/mol. The Morgan fingerprint density at radius 3 is 2.10 bits per heavy atom. The summed E-state index contributed by atoms with van der Waals surface area (Å²) >= 11 is 0. The van der Waals surface area contributed by atoms with Crippen LogP contribution in [0.3, 0.4) is 0 Å². The number of carbonyl (C=O) groups is 2. The second-order valence-corrected chi connectivity index (χ2v) is 6.63. The first-order valence-corrected chi connectivity index (χ1v) is 6.99. The molecule has 2 fully saturated rings. The summed E-state index contributed by atoms with van der Waals surface area (Å²) in [7, 11) is 0. The first-order chi connectivity index (χ1) is 9.35. The van der Waals surface area contributed by atoms with E-state index in [0.717, 1.165) is 5.56 Å². The number of fused-ring (bicyclic) bond motifs is 1. The molecule has 1 aliphatic heterocycles. The predicted octanol–water partition coefficient (Wildman–Crippen LogP) is 1.50. The first-order valence-electron chi connectivity index (χ1n) is 6.99. The number of nitrogens with zero attached hydrogens (tertiary/aromatic N) is 1. The number of benzene rings is 1. The number of piperidine rings is 1. The van der Waals surface area contributed by atoms with Crippen molar-refractivity contribution in [2.45, 2.75) is 26.3 Å². The number of amides is 2. The molecule has 106 valence electrons. The van der Waals surface area contributed by atoms with Crippen molar-refractivity contribution in [3.05, 3.63) is 35.9 Å². The summed E-state index contributed by atoms with van der Waals surface area (Å²) in [4.78, 5) is 26.6. The molecule has 1 saturated carbocycles. The van der Waals surface area contributed by atoms with Gasteiger partial charge in [0.2, 0.25) is 11.8 Å². The second kappa shape index (κ2) is 3.92. The molecule has 1 saturated heterocycles. The van der Waals surface area contributed by atoms with E-state index in [0.29, 0.717) is 0 Å². The zero-order chi connectivity index (χ0) is 14.7. The van der Waals surface area contributed by atoms with Crippen molar-refractivity contribution in [2.75, 3.05) is 6.54 Å². The smallest absolute Gasteiger partial charge is 0.234 e. The topological polar surface area (TPSA) is 63.4 Å². The quantitative estimate of drug-likeness (QED) is 0.848. The van der Waals surface area contributed by atoms with Gasteiger partial charge in [0.25, 0.3) is 0 Å². The zero-order valence-corrected chi connectivity index (χ0v) is 12.1. The van der Waals surface area contributed by atoms with E-state index in [2.05, 4.69) is 0 Å². The van der Waals surface area contributed by atoms with Gasteiger partial charge in [0, 0.05) is 6.54 Å². The van der Waals surface area contributed by atoms with E-state index in [1.54, 1.807) is 0 Å². The van der Waals surface area contributed by atoms with Crippen LogP contribution in [-0.2, 0) is 15.1 Å². The first kappa shape index (κ1) is 13.3. The molecule has 4 nitrogen and oxygen atoms in total. The highest BCUT2D eigenvalue weighted by atomic mass is 16.2. The van der Waals surface area contributed by atoms with Gasteiger partial charge < -0.3 is 5.73 Å². The lowest BCUT2D eigenvalue weighted by Gasteiger charge is -2.39. The third-order valence-electron chi connectivity index (χ3n) is 5.09. The predicted molar refractivity (Wildman–Crippen MR) is 75.5 cm³/mol. The van der Waals surface area contributed by atoms with Crippen molar-refractivity contribution in [3.8, 4) is 0 Å². The van der Waals surface area contributed by atoms with Crippen LogP contribution in [0.15, 0.2) is 30.3 Å². The molecule has 3 rings (SSSR count). The van der Waals surface area contributed by atoms with E-state index in [-0.39, 0.29) is 35.6 Å². The SMILES string of the molecule is CC1(C)C2C(=O)N(C(C)(CN)c3ccccc3)C(=O)C21. The maximum absolute atomic E-state index is 12.6. The minimum atomic E-state index is -0.751. The fourth-order valence-electron chi connectivity index (χ4n) is 3.57. The molecule has 0 radical (unpaired) electrons. The summed E-state index contributed by atoms with van der Waals surface area (Å²) in [6.45, 7) is 6.07. The fraction of sp³-hybridized carbons (Fsp3) is 0.500. The average molecular weight is 272 g/mol. The lowest BCUT2D eigenvalue weighted by atomic mass is 9.88. The molecule has 1 aromatic carbocycles. The largest absolute Gasteiger partial charge is 0.328 e. The number of hydrogen-bond acceptors (Lipinski definition) is 3. The van der Waals surface area contributed by atoms with Crippen LogP contribution in [-0.4, -0.2) is 23.3 Å². The molecule has 20 heavy (non-hydrogen) atoms. The summed E-state index contributed by atoms with van der Waals surface area (Å²) in [6, 6.07) is 9.55. The highest BCUT2D eigenvalue weighted by molar-refractivity contribution is 6.11. The van der Waals surface area contributed by atoms with Crippen LogP contribution in [0.5, 0.6) is 0 Å². The van der Waals surface area contributed by atoms with Crippen LogP contribution in [0.2, 0.25) is 0 Å². The van der Waals surface area contributed by atoms with Crippen molar-refractivity contribution in [1.29, 1.82) is 0 Å². The van der Waals surface area contributed by atoms with Gasteiger partial charge in [0.1, 0.15) is 0 Å². The molecule has 1 aliphatic carbocycles. The normalized spacial score (nSPS) is 30.1. The Morgan fingerprint density at radius 2 is 1.65 bits per heavy atom. The molecule has 4 heteroatoms. The molecule has 2 amide bonds. The number of imide groups is 1. The fourth-order valence-corrected chi connectivity index (χ4v) is 3.57. The molecule has 3 atom stereocenters. The van der Waals surface area contributed by atoms with E-state index in [1.807, 2.05) is 51.1 Å². The van der Waals surface area contributed by atoms with Gasteiger partial charge in [-0.15, -0.1) is 0 Å². The highest BCUT2D eigenvalue weighted by Crippen LogP contribution is 2.64. The molecule has 3 unspecified atom stereocenters. The highest BCUT2D eigenvalue weighted by Gasteiger charge is 2.74. The third-order valence-corrected chi connectivity index (χ3v) is 5.09. The Labute approximate surface area is 118 Å². The monoisotopic (exact) mass is 272 g/mol. The maximum atomic E-state index is 12.6. The second-order valence-electron chi connectivity index (χ2n) is 6.63. The number of hydrogen-bond donors (Lipinski definition) is 1. The van der Waals surface area contributed by atoms with Crippen LogP contribution in [0.25, 0.3) is 0 Å². The van der Waals surface area contributed by atoms with Crippen molar-refractivity contribution in [3.63, 3.8) is 0 Å². The van der Waals surface area contributed by atoms with Crippen LogP contribution in [0.4, 0.5) is 0 Å². The Balaban J connectivity index is 2.01. The molecule has 2 aliphatic rings. The van der Waals surface area contributed by atoms with Gasteiger partial charge in [0.05, 0.1) is 17.4 Å². The Morgan fingerprint density at radius 1 is 1.15 bits per heavy atom. The lowest BCUT2D eigenvalue weighted by molar-refractivity contribution is -0.150. The summed E-state index contributed by atoms with van der Waals surface area (Å²) in [5.74, 6) is -0.460. The van der Waals surface area contributed by atoms with Crippen molar-refractivity contribution < 1.29 is 9.59 Å². The van der Waals surface area contributed by atoms with Crippen LogP contribution < -0.4 is 5.73 Å². The van der Waals surface area contributed by atoms with E-state index in [9.17, 15) is 9.59 Å². The van der Waals surface area contributed by atoms with Crippen LogP contribution in [0.1, 0.15) is 26.3 Å². The standard InChI is InChI=1S/C16H20N2O2/c1-15(2)11-12(15)14(20)18(13(11)19)16(3,9-17)10-7-5-4-6-8-10/h4-8,11-12H,9,17H2,1-3H3. The van der Waals surface area contributed by atoms with E-state index >= 15 is 0 Å². The molecule has 2 N–H and O–H groups in total. The van der Waals surface area contributed by atoms with Gasteiger partial charge in [-0.3, -0.25) is 14.5 Å². The van der Waals surface area contributed by atoms with Gasteiger partial charge in [-0.25, -0.2) is 0 Å². The Kier molecular flexibility index (Phi) is 2.61. The third kappa shape index (κ3) is 1.45. The number of carbonyl (C=O) groups excluding carboxylic acids is 2. The number of rotatable bonds is 3. The van der Waals surface area contributed by atoms with Crippen LogP contribution >= 0.6 is 0 Å². The summed E-state index contributed by atoms with van der Waals surface area (Å²) in [5, 5.41) is 0. The molecule has 1 aromatic rings. The number of likely N-dealkylation sites (tertiary alicyclic amines) is 1. The number of nitrogens with two attached hydrogens (primary N) is 1. The average Bonchev–Trinajstić information content (AvgIpc) is 2.89. The minimum absolute atomic E-state index is 0.0678. The zero-order valence-electron chi connectivity index (χ0n) is 12.1. The molecular formula is C16H20N2O2. The Bertz CT molecular complexity index is 557. The van der Waals surface area contributed by atoms with Gasteiger partial charge >= 0.3 is 0 Å². The van der Waals surface area contributed by atoms with E-state index < -0.39 is 5.54 Å². The summed E-state index contributed by atoms with van der Waals surface area (Å²) in [5.41, 5.74) is 5.90. The van der Waals surface area contributed by atoms with Gasteiger partial charge in [0.15, 0.2) is 0 Å². The maximum Gasteiger partial charge on any atom is 0.234 e. The summed E-state index contributed by atoms with van der Waals surface area (Å²) in [6.07, 6.45) is 0. The van der Waals surface area contributed by atoms with Crippen LogP contribution in [0, 0.1) is 17.3 Å². The van der Waals surface area contributed by atoms with Gasteiger partial charge in [-0.1, -0.05) is 44.2 Å². The van der Waals surface area contributed by atoms with Crippen molar-refractivity contribution >= 4 is 11.8 Å². The van der Waals surface area contributed by atoms with E-state index in [4.69, 9.17) is 5.73 Å².